The van der Waals surface area contributed by atoms with Crippen molar-refractivity contribution in [2.24, 2.45) is 0 Å². The van der Waals surface area contributed by atoms with Gasteiger partial charge in [-0.2, -0.15) is 0 Å². The third-order valence-corrected chi connectivity index (χ3v) is 5.44. The maximum atomic E-state index is 13.0. The number of phenols is 2. The first-order valence-corrected chi connectivity index (χ1v) is 9.43. The summed E-state index contributed by atoms with van der Waals surface area (Å²) >= 11 is 0. The highest BCUT2D eigenvalue weighted by atomic mass is 16.5. The Bertz CT molecular complexity index is 1100. The number of hydrogen-bond acceptors (Lipinski definition) is 5. The summed E-state index contributed by atoms with van der Waals surface area (Å²) in [5.41, 5.74) is 3.87. The monoisotopic (exact) mass is 390 g/mol. The maximum absolute atomic E-state index is 13.0. The molecule has 148 valence electrons. The number of hydrogen-bond donors (Lipinski definition) is 2. The topological polar surface area (TPSA) is 76.0 Å². The molecule has 29 heavy (non-hydrogen) atoms. The fourth-order valence-electron chi connectivity index (χ4n) is 3.92. The molecule has 0 aromatic heterocycles. The normalized spacial score (nSPS) is 12.3. The van der Waals surface area contributed by atoms with Gasteiger partial charge in [0.1, 0.15) is 11.5 Å². The van der Waals surface area contributed by atoms with Gasteiger partial charge in [0.2, 0.25) is 5.78 Å². The summed E-state index contributed by atoms with van der Waals surface area (Å²) < 4.78 is 10.6. The molecular weight excluding hydrogens is 368 g/mol. The standard InChI is InChI=1S/C24H22O5/c1-28-19-11-7-14(12-20(19)29-2)6-8-15-9-10-17-13-16-4-3-5-18(25)21(16)24(27)22(17)23(15)26/h3-5,7,9-12,25-26H,6,8,13H2,1-2H3. The Balaban J connectivity index is 1.62. The van der Waals surface area contributed by atoms with Gasteiger partial charge in [-0.3, -0.25) is 4.79 Å². The van der Waals surface area contributed by atoms with Crippen molar-refractivity contribution in [3.05, 3.63) is 81.9 Å². The van der Waals surface area contributed by atoms with Gasteiger partial charge in [-0.25, -0.2) is 0 Å². The highest BCUT2D eigenvalue weighted by Crippen LogP contribution is 2.38. The molecule has 0 aliphatic heterocycles. The van der Waals surface area contributed by atoms with Crippen molar-refractivity contribution in [3.8, 4) is 23.0 Å². The molecule has 0 spiro atoms. The highest BCUT2D eigenvalue weighted by molar-refractivity contribution is 6.15. The molecule has 5 heteroatoms. The van der Waals surface area contributed by atoms with E-state index >= 15 is 0 Å². The summed E-state index contributed by atoms with van der Waals surface area (Å²) in [4.78, 5) is 13.0. The van der Waals surface area contributed by atoms with E-state index in [4.69, 9.17) is 9.47 Å². The Hall–Kier alpha value is -3.47. The molecule has 2 N–H and O–H groups in total. The predicted molar refractivity (Wildman–Crippen MR) is 109 cm³/mol. The zero-order valence-electron chi connectivity index (χ0n) is 16.4. The molecular formula is C24H22O5. The van der Waals surface area contributed by atoms with Crippen LogP contribution in [0.25, 0.3) is 0 Å². The van der Waals surface area contributed by atoms with Crippen LogP contribution >= 0.6 is 0 Å². The van der Waals surface area contributed by atoms with Gasteiger partial charge in [0.25, 0.3) is 0 Å². The van der Waals surface area contributed by atoms with Gasteiger partial charge in [0.15, 0.2) is 11.5 Å². The second-order valence-corrected chi connectivity index (χ2v) is 7.11. The Morgan fingerprint density at radius 1 is 0.862 bits per heavy atom. The van der Waals surface area contributed by atoms with Crippen LogP contribution in [0.1, 0.15) is 38.2 Å². The minimum Gasteiger partial charge on any atom is -0.507 e. The van der Waals surface area contributed by atoms with Crippen LogP contribution in [-0.2, 0) is 19.3 Å². The van der Waals surface area contributed by atoms with Crippen molar-refractivity contribution in [1.29, 1.82) is 0 Å². The number of benzene rings is 3. The molecule has 0 heterocycles. The Kier molecular flexibility index (Phi) is 4.89. The molecule has 0 radical (unpaired) electrons. The lowest BCUT2D eigenvalue weighted by Crippen LogP contribution is -2.16. The van der Waals surface area contributed by atoms with Crippen LogP contribution in [0.5, 0.6) is 23.0 Å². The Labute approximate surface area is 169 Å². The predicted octanol–water partition coefficient (Wildman–Crippen LogP) is 4.04. The summed E-state index contributed by atoms with van der Waals surface area (Å²) in [6.45, 7) is 0. The van der Waals surface area contributed by atoms with Crippen LogP contribution in [0.2, 0.25) is 0 Å². The van der Waals surface area contributed by atoms with E-state index in [9.17, 15) is 15.0 Å². The smallest absolute Gasteiger partial charge is 0.201 e. The van der Waals surface area contributed by atoms with Crippen molar-refractivity contribution in [3.63, 3.8) is 0 Å². The van der Waals surface area contributed by atoms with Gasteiger partial charge in [-0.05, 0) is 59.7 Å². The minimum absolute atomic E-state index is 0.00174. The number of phenolic OH excluding ortho intramolecular Hbond substituents is 2. The molecule has 5 nitrogen and oxygen atoms in total. The van der Waals surface area contributed by atoms with E-state index in [2.05, 4.69) is 0 Å². The molecule has 0 unspecified atom stereocenters. The van der Waals surface area contributed by atoms with Gasteiger partial charge in [0, 0.05) is 0 Å². The average molecular weight is 390 g/mol. The molecule has 0 amide bonds. The summed E-state index contributed by atoms with van der Waals surface area (Å²) in [7, 11) is 3.19. The number of aromatic hydroxyl groups is 2. The summed E-state index contributed by atoms with van der Waals surface area (Å²) in [5.74, 6) is 0.943. The number of ketones is 1. The third kappa shape index (κ3) is 3.29. The quantitative estimate of drug-likeness (QED) is 0.538. The van der Waals surface area contributed by atoms with Crippen LogP contribution in [-0.4, -0.2) is 30.2 Å². The van der Waals surface area contributed by atoms with Gasteiger partial charge in [-0.1, -0.05) is 30.3 Å². The van der Waals surface area contributed by atoms with E-state index < -0.39 is 0 Å². The van der Waals surface area contributed by atoms with E-state index in [1.54, 1.807) is 20.3 Å². The van der Waals surface area contributed by atoms with Crippen LogP contribution < -0.4 is 9.47 Å². The number of carbonyl (C=O) groups is 1. The van der Waals surface area contributed by atoms with Crippen LogP contribution in [0, 0.1) is 0 Å². The van der Waals surface area contributed by atoms with Crippen molar-refractivity contribution in [2.75, 3.05) is 14.2 Å². The van der Waals surface area contributed by atoms with E-state index in [1.165, 1.54) is 6.07 Å². The van der Waals surface area contributed by atoms with Gasteiger partial charge in [0.05, 0.1) is 25.3 Å². The minimum atomic E-state index is -0.329. The van der Waals surface area contributed by atoms with E-state index in [0.717, 1.165) is 16.7 Å². The second-order valence-electron chi connectivity index (χ2n) is 7.11. The van der Waals surface area contributed by atoms with Crippen LogP contribution in [0.4, 0.5) is 0 Å². The van der Waals surface area contributed by atoms with Gasteiger partial charge < -0.3 is 19.7 Å². The maximum Gasteiger partial charge on any atom is 0.201 e. The third-order valence-electron chi connectivity index (χ3n) is 5.44. The number of carbonyl (C=O) groups excluding carboxylic acids is 1. The van der Waals surface area contributed by atoms with Crippen molar-refractivity contribution in [1.82, 2.24) is 0 Å². The van der Waals surface area contributed by atoms with E-state index in [1.807, 2.05) is 36.4 Å². The molecule has 0 saturated heterocycles. The SMILES string of the molecule is COc1ccc(CCc2ccc3c(c2O)C(=O)c2c(O)cccc2C3)cc1OC. The number of aryl methyl sites for hydroxylation is 2. The first kappa shape index (κ1) is 18.9. The fourth-order valence-corrected chi connectivity index (χ4v) is 3.92. The number of fused-ring (bicyclic) bond motifs is 2. The van der Waals surface area contributed by atoms with Crippen molar-refractivity contribution >= 4 is 5.78 Å². The molecule has 3 aromatic carbocycles. The number of rotatable bonds is 5. The molecule has 0 bridgehead atoms. The average Bonchev–Trinajstić information content (AvgIpc) is 2.73. The van der Waals surface area contributed by atoms with Crippen molar-refractivity contribution in [2.45, 2.75) is 19.3 Å². The lowest BCUT2D eigenvalue weighted by atomic mass is 9.82. The lowest BCUT2D eigenvalue weighted by Gasteiger charge is -2.21. The lowest BCUT2D eigenvalue weighted by molar-refractivity contribution is 0.102. The van der Waals surface area contributed by atoms with E-state index in [-0.39, 0.29) is 22.8 Å². The Morgan fingerprint density at radius 3 is 2.38 bits per heavy atom. The molecule has 1 aliphatic carbocycles. The number of methoxy groups -OCH3 is 2. The first-order valence-electron chi connectivity index (χ1n) is 9.43. The zero-order chi connectivity index (χ0) is 20.5. The zero-order valence-corrected chi connectivity index (χ0v) is 16.4. The summed E-state index contributed by atoms with van der Waals surface area (Å²) in [6, 6.07) is 14.5. The molecule has 4 rings (SSSR count). The fraction of sp³-hybridized carbons (Fsp3) is 0.208. The summed E-state index contributed by atoms with van der Waals surface area (Å²) in [5, 5.41) is 21.0. The molecule has 1 aliphatic rings. The van der Waals surface area contributed by atoms with Gasteiger partial charge in [-0.15, -0.1) is 0 Å². The van der Waals surface area contributed by atoms with Crippen LogP contribution in [0.15, 0.2) is 48.5 Å². The Morgan fingerprint density at radius 2 is 1.62 bits per heavy atom. The van der Waals surface area contributed by atoms with E-state index in [0.29, 0.717) is 41.9 Å². The summed E-state index contributed by atoms with van der Waals surface area (Å²) in [6.07, 6.45) is 1.74. The second kappa shape index (κ2) is 7.51. The molecule has 3 aromatic rings. The molecule has 0 saturated carbocycles. The first-order chi connectivity index (χ1) is 14.0. The largest absolute Gasteiger partial charge is 0.507 e. The van der Waals surface area contributed by atoms with Crippen LogP contribution in [0.3, 0.4) is 0 Å². The molecule has 0 atom stereocenters. The highest BCUT2D eigenvalue weighted by Gasteiger charge is 2.29. The molecule has 0 fully saturated rings. The van der Waals surface area contributed by atoms with Gasteiger partial charge >= 0.3 is 0 Å². The van der Waals surface area contributed by atoms with Crippen molar-refractivity contribution < 1.29 is 24.5 Å². The number of ether oxygens (including phenoxy) is 2.